The molecule has 4 aromatic rings. The van der Waals surface area contributed by atoms with Crippen molar-refractivity contribution in [1.29, 1.82) is 0 Å². The van der Waals surface area contributed by atoms with E-state index in [0.717, 1.165) is 15.7 Å². The van der Waals surface area contributed by atoms with Gasteiger partial charge in [-0.1, -0.05) is 70.0 Å². The highest BCUT2D eigenvalue weighted by Gasteiger charge is 2.12. The molecule has 0 radical (unpaired) electrons. The van der Waals surface area contributed by atoms with E-state index in [1.807, 2.05) is 72.8 Å². The summed E-state index contributed by atoms with van der Waals surface area (Å²) in [5.41, 5.74) is 8.33. The molecule has 32 heavy (non-hydrogen) atoms. The lowest BCUT2D eigenvalue weighted by atomic mass is 10.2. The third kappa shape index (κ3) is 5.31. The molecular formula is C22H16BrClN6S2. The molecule has 0 aliphatic heterocycles. The van der Waals surface area contributed by atoms with E-state index in [1.165, 1.54) is 0 Å². The van der Waals surface area contributed by atoms with Crippen molar-refractivity contribution in [2.75, 3.05) is 10.7 Å². The van der Waals surface area contributed by atoms with Crippen LogP contribution in [0.1, 0.15) is 0 Å². The molecule has 160 valence electrons. The van der Waals surface area contributed by atoms with Crippen molar-refractivity contribution in [3.05, 3.63) is 93.1 Å². The molecule has 0 unspecified atom stereocenters. The minimum Gasteiger partial charge on any atom is -0.330 e. The molecule has 1 heterocycles. The Bertz CT molecular complexity index is 1310. The summed E-state index contributed by atoms with van der Waals surface area (Å²) in [6, 6.07) is 24.6. The zero-order chi connectivity index (χ0) is 22.5. The molecule has 0 bridgehead atoms. The van der Waals surface area contributed by atoms with Gasteiger partial charge in [0.2, 0.25) is 10.7 Å². The smallest absolute Gasteiger partial charge is 0.230 e. The van der Waals surface area contributed by atoms with Crippen LogP contribution in [0.5, 0.6) is 0 Å². The number of thiocarbonyl (C=S) groups is 1. The Morgan fingerprint density at radius 3 is 2.31 bits per heavy atom. The Morgan fingerprint density at radius 2 is 1.59 bits per heavy atom. The van der Waals surface area contributed by atoms with Crippen LogP contribution < -0.4 is 16.2 Å². The van der Waals surface area contributed by atoms with Crippen LogP contribution in [0, 0.1) is 4.77 Å². The predicted molar refractivity (Wildman–Crippen MR) is 140 cm³/mol. The average molecular weight is 544 g/mol. The molecule has 1 aromatic heterocycles. The number of halogens is 2. The SMILES string of the molecule is S=C(NNc1nc(-c2ccccc2)nc(=S)n1-c1ccc(Br)cc1)Nc1ccccc1Cl. The van der Waals surface area contributed by atoms with Gasteiger partial charge >= 0.3 is 0 Å². The van der Waals surface area contributed by atoms with Gasteiger partial charge in [-0.2, -0.15) is 9.97 Å². The number of nitrogens with zero attached hydrogens (tertiary/aromatic N) is 3. The number of para-hydroxylation sites is 1. The van der Waals surface area contributed by atoms with Gasteiger partial charge in [0.05, 0.1) is 16.4 Å². The van der Waals surface area contributed by atoms with Crippen LogP contribution in [0.2, 0.25) is 5.02 Å². The molecular weight excluding hydrogens is 528 g/mol. The van der Waals surface area contributed by atoms with Crippen LogP contribution >= 0.6 is 52.0 Å². The van der Waals surface area contributed by atoms with Gasteiger partial charge in [-0.05, 0) is 60.8 Å². The van der Waals surface area contributed by atoms with E-state index < -0.39 is 0 Å². The van der Waals surface area contributed by atoms with Gasteiger partial charge in [0.15, 0.2) is 10.9 Å². The van der Waals surface area contributed by atoms with Crippen LogP contribution in [-0.2, 0) is 0 Å². The zero-order valence-corrected chi connectivity index (χ0v) is 20.4. The number of anilines is 2. The summed E-state index contributed by atoms with van der Waals surface area (Å²) in [5.74, 6) is 0.924. The van der Waals surface area contributed by atoms with Crippen LogP contribution in [0.3, 0.4) is 0 Å². The molecule has 6 nitrogen and oxygen atoms in total. The molecule has 0 aliphatic rings. The van der Waals surface area contributed by atoms with Crippen LogP contribution in [0.4, 0.5) is 11.6 Å². The Morgan fingerprint density at radius 1 is 0.906 bits per heavy atom. The van der Waals surface area contributed by atoms with E-state index in [9.17, 15) is 0 Å². The average Bonchev–Trinajstić information content (AvgIpc) is 2.80. The quantitative estimate of drug-likeness (QED) is 0.199. The maximum atomic E-state index is 6.20. The van der Waals surface area contributed by atoms with E-state index >= 15 is 0 Å². The minimum absolute atomic E-state index is 0.311. The fourth-order valence-electron chi connectivity index (χ4n) is 2.86. The molecule has 3 N–H and O–H groups in total. The minimum atomic E-state index is 0.311. The van der Waals surface area contributed by atoms with Crippen molar-refractivity contribution < 1.29 is 0 Å². The highest BCUT2D eigenvalue weighted by Crippen LogP contribution is 2.22. The van der Waals surface area contributed by atoms with Gasteiger partial charge in [0, 0.05) is 10.0 Å². The van der Waals surface area contributed by atoms with E-state index in [-0.39, 0.29) is 0 Å². The first-order chi connectivity index (χ1) is 15.5. The van der Waals surface area contributed by atoms with Gasteiger partial charge in [0.25, 0.3) is 0 Å². The van der Waals surface area contributed by atoms with Crippen LogP contribution in [0.15, 0.2) is 83.3 Å². The molecule has 0 aliphatic carbocycles. The number of aromatic nitrogens is 3. The Balaban J connectivity index is 1.67. The normalized spacial score (nSPS) is 10.4. The van der Waals surface area contributed by atoms with Crippen molar-refractivity contribution in [3.63, 3.8) is 0 Å². The summed E-state index contributed by atoms with van der Waals surface area (Å²) in [6.07, 6.45) is 0. The molecule has 3 aromatic carbocycles. The summed E-state index contributed by atoms with van der Waals surface area (Å²) >= 11 is 20.7. The van der Waals surface area contributed by atoms with Crippen LogP contribution in [-0.4, -0.2) is 19.6 Å². The molecule has 4 rings (SSSR count). The number of hydrogen-bond donors (Lipinski definition) is 3. The van der Waals surface area contributed by atoms with Crippen molar-refractivity contribution in [3.8, 4) is 17.1 Å². The van der Waals surface area contributed by atoms with E-state index in [4.69, 9.17) is 36.0 Å². The number of rotatable bonds is 5. The Labute approximate surface area is 208 Å². The third-order valence-corrected chi connectivity index (χ3v) is 5.68. The highest BCUT2D eigenvalue weighted by atomic mass is 79.9. The first-order valence-electron chi connectivity index (χ1n) is 9.41. The first kappa shape index (κ1) is 22.3. The van der Waals surface area contributed by atoms with Gasteiger partial charge in [-0.3, -0.25) is 15.4 Å². The fraction of sp³-hybridized carbons (Fsp3) is 0. The summed E-state index contributed by atoms with van der Waals surface area (Å²) in [4.78, 5) is 9.22. The number of nitrogens with one attached hydrogen (secondary N) is 3. The Kier molecular flexibility index (Phi) is 7.11. The molecule has 0 spiro atoms. The van der Waals surface area contributed by atoms with Crippen molar-refractivity contribution in [1.82, 2.24) is 20.0 Å². The predicted octanol–water partition coefficient (Wildman–Crippen LogP) is 6.39. The maximum absolute atomic E-state index is 6.20. The second kappa shape index (κ2) is 10.2. The standard InChI is InChI=1S/C22H16BrClN6S2/c23-15-10-12-16(13-11-15)30-20(26-19(27-22(30)32)14-6-2-1-3-7-14)28-29-21(31)25-18-9-5-4-8-17(18)24/h1-13H,(H2,25,29,31)(H,26,27,28,32). The Hall–Kier alpha value is -2.85. The molecule has 0 saturated carbocycles. The van der Waals surface area contributed by atoms with Crippen LogP contribution in [0.25, 0.3) is 17.1 Å². The van der Waals surface area contributed by atoms with Crippen molar-refractivity contribution >= 4 is 68.7 Å². The van der Waals surface area contributed by atoms with E-state index in [2.05, 4.69) is 42.1 Å². The fourth-order valence-corrected chi connectivity index (χ4v) is 3.75. The number of benzene rings is 3. The topological polar surface area (TPSA) is 66.8 Å². The second-order valence-corrected chi connectivity index (χ2v) is 8.61. The molecule has 10 heteroatoms. The number of hydrazine groups is 1. The van der Waals surface area contributed by atoms with E-state index in [0.29, 0.717) is 32.4 Å². The third-order valence-electron chi connectivity index (χ3n) is 4.34. The zero-order valence-electron chi connectivity index (χ0n) is 16.4. The highest BCUT2D eigenvalue weighted by molar-refractivity contribution is 9.10. The summed E-state index contributed by atoms with van der Waals surface area (Å²) in [7, 11) is 0. The van der Waals surface area contributed by atoms with Crippen molar-refractivity contribution in [2.24, 2.45) is 0 Å². The summed E-state index contributed by atoms with van der Waals surface area (Å²) in [5, 5.41) is 3.92. The van der Waals surface area contributed by atoms with E-state index in [1.54, 1.807) is 10.6 Å². The second-order valence-electron chi connectivity index (χ2n) is 6.52. The first-order valence-corrected chi connectivity index (χ1v) is 11.4. The van der Waals surface area contributed by atoms with Gasteiger partial charge < -0.3 is 5.32 Å². The monoisotopic (exact) mass is 542 g/mol. The van der Waals surface area contributed by atoms with Gasteiger partial charge in [0.1, 0.15) is 0 Å². The lowest BCUT2D eigenvalue weighted by Gasteiger charge is -2.17. The lowest BCUT2D eigenvalue weighted by Crippen LogP contribution is -2.35. The van der Waals surface area contributed by atoms with Gasteiger partial charge in [-0.25, -0.2) is 0 Å². The number of hydrogen-bond acceptors (Lipinski definition) is 5. The largest absolute Gasteiger partial charge is 0.330 e. The maximum Gasteiger partial charge on any atom is 0.230 e. The molecule has 0 atom stereocenters. The molecule has 0 fully saturated rings. The lowest BCUT2D eigenvalue weighted by molar-refractivity contribution is 0.881. The molecule has 0 saturated heterocycles. The van der Waals surface area contributed by atoms with Gasteiger partial charge in [-0.15, -0.1) is 0 Å². The summed E-state index contributed by atoms with van der Waals surface area (Å²) in [6.45, 7) is 0. The molecule has 0 amide bonds. The van der Waals surface area contributed by atoms with Crippen molar-refractivity contribution in [2.45, 2.75) is 0 Å². The summed E-state index contributed by atoms with van der Waals surface area (Å²) < 4.78 is 3.02.